The quantitative estimate of drug-likeness (QED) is 0.659. The SMILES string of the molecule is Cc1ccc(O)c2c1C=C[C@@H]1[C@@H]2CC[C@@]2(C)[C@H]1CC[C@@]2(O)COc1ccc(O)cc1. The maximum Gasteiger partial charge on any atom is 0.119 e. The molecule has 4 heteroatoms. The maximum absolute atomic E-state index is 11.7. The predicted octanol–water partition coefficient (Wildman–Crippen LogP) is 5.15. The number of rotatable bonds is 3. The third-order valence-corrected chi connectivity index (χ3v) is 8.31. The highest BCUT2D eigenvalue weighted by Crippen LogP contribution is 2.64. The summed E-state index contributed by atoms with van der Waals surface area (Å²) in [6, 6.07) is 10.5. The number of hydrogen-bond donors (Lipinski definition) is 3. The van der Waals surface area contributed by atoms with Crippen LogP contribution in [0.2, 0.25) is 0 Å². The molecule has 0 aliphatic heterocycles. The number of benzene rings is 2. The van der Waals surface area contributed by atoms with Crippen LogP contribution in [0.5, 0.6) is 17.2 Å². The van der Waals surface area contributed by atoms with Crippen LogP contribution in [-0.4, -0.2) is 27.5 Å². The van der Waals surface area contributed by atoms with Crippen molar-refractivity contribution in [1.82, 2.24) is 0 Å². The van der Waals surface area contributed by atoms with Gasteiger partial charge in [0, 0.05) is 11.0 Å². The van der Waals surface area contributed by atoms with Crippen molar-refractivity contribution in [3.8, 4) is 17.2 Å². The van der Waals surface area contributed by atoms with Crippen molar-refractivity contribution in [3.63, 3.8) is 0 Å². The monoisotopic (exact) mass is 406 g/mol. The van der Waals surface area contributed by atoms with Crippen LogP contribution in [0, 0.1) is 24.2 Å². The highest BCUT2D eigenvalue weighted by atomic mass is 16.5. The van der Waals surface area contributed by atoms with Gasteiger partial charge in [-0.1, -0.05) is 25.1 Å². The Kier molecular flexibility index (Phi) is 4.41. The molecule has 2 aromatic rings. The van der Waals surface area contributed by atoms with Crippen molar-refractivity contribution in [2.24, 2.45) is 17.3 Å². The van der Waals surface area contributed by atoms with E-state index in [1.54, 1.807) is 24.3 Å². The smallest absolute Gasteiger partial charge is 0.119 e. The van der Waals surface area contributed by atoms with Crippen LogP contribution in [0.4, 0.5) is 0 Å². The van der Waals surface area contributed by atoms with Gasteiger partial charge in [-0.25, -0.2) is 0 Å². The lowest BCUT2D eigenvalue weighted by molar-refractivity contribution is -0.117. The van der Waals surface area contributed by atoms with Crippen molar-refractivity contribution in [2.45, 2.75) is 51.0 Å². The van der Waals surface area contributed by atoms with Crippen molar-refractivity contribution in [2.75, 3.05) is 6.61 Å². The fraction of sp³-hybridized carbons (Fsp3) is 0.462. The summed E-state index contributed by atoms with van der Waals surface area (Å²) in [4.78, 5) is 0. The van der Waals surface area contributed by atoms with E-state index in [1.165, 1.54) is 11.1 Å². The van der Waals surface area contributed by atoms with E-state index in [2.05, 4.69) is 26.0 Å². The lowest BCUT2D eigenvalue weighted by Gasteiger charge is -2.52. The summed E-state index contributed by atoms with van der Waals surface area (Å²) >= 11 is 0. The van der Waals surface area contributed by atoms with E-state index in [0.29, 0.717) is 29.3 Å². The van der Waals surface area contributed by atoms with Gasteiger partial charge in [0.05, 0.1) is 0 Å². The molecule has 0 heterocycles. The molecule has 0 aromatic heterocycles. The second-order valence-electron chi connectivity index (χ2n) is 9.69. The van der Waals surface area contributed by atoms with Crippen molar-refractivity contribution in [1.29, 1.82) is 0 Å². The first-order valence-corrected chi connectivity index (χ1v) is 11.0. The summed E-state index contributed by atoms with van der Waals surface area (Å²) in [5, 5.41) is 31.8. The Balaban J connectivity index is 1.41. The van der Waals surface area contributed by atoms with Gasteiger partial charge in [0.2, 0.25) is 0 Å². The lowest BCUT2D eigenvalue weighted by atomic mass is 9.54. The van der Waals surface area contributed by atoms with Crippen LogP contribution in [0.25, 0.3) is 6.08 Å². The molecule has 0 spiro atoms. The minimum Gasteiger partial charge on any atom is -0.508 e. The molecule has 0 amide bonds. The second-order valence-corrected chi connectivity index (χ2v) is 9.69. The summed E-state index contributed by atoms with van der Waals surface area (Å²) in [7, 11) is 0. The van der Waals surface area contributed by atoms with E-state index in [-0.39, 0.29) is 17.8 Å². The highest BCUT2D eigenvalue weighted by Gasteiger charge is 2.61. The minimum absolute atomic E-state index is 0.204. The van der Waals surface area contributed by atoms with E-state index in [4.69, 9.17) is 4.74 Å². The Morgan fingerprint density at radius 2 is 1.80 bits per heavy atom. The van der Waals surface area contributed by atoms with Gasteiger partial charge in [0.1, 0.15) is 29.5 Å². The number of aryl methyl sites for hydroxylation is 1. The summed E-state index contributed by atoms with van der Waals surface area (Å²) in [5.74, 6) is 2.26. The van der Waals surface area contributed by atoms with Gasteiger partial charge in [0.15, 0.2) is 0 Å². The van der Waals surface area contributed by atoms with Crippen LogP contribution in [0.3, 0.4) is 0 Å². The Bertz CT molecular complexity index is 995. The number of phenolic OH excluding ortho intramolecular Hbond substituents is 2. The zero-order valence-corrected chi connectivity index (χ0v) is 17.6. The van der Waals surface area contributed by atoms with Crippen LogP contribution < -0.4 is 4.74 Å². The maximum atomic E-state index is 11.7. The fourth-order valence-corrected chi connectivity index (χ4v) is 6.45. The molecule has 0 unspecified atom stereocenters. The van der Waals surface area contributed by atoms with Gasteiger partial charge in [0.25, 0.3) is 0 Å². The zero-order chi connectivity index (χ0) is 21.1. The Hall–Kier alpha value is -2.46. The molecule has 2 fully saturated rings. The predicted molar refractivity (Wildman–Crippen MR) is 117 cm³/mol. The molecule has 0 radical (unpaired) electrons. The molecule has 3 aliphatic carbocycles. The van der Waals surface area contributed by atoms with Crippen molar-refractivity contribution >= 4 is 6.08 Å². The first-order chi connectivity index (χ1) is 14.3. The van der Waals surface area contributed by atoms with Crippen LogP contribution in [0.1, 0.15) is 55.2 Å². The molecular formula is C26H30O4. The largest absolute Gasteiger partial charge is 0.508 e. The molecule has 0 bridgehead atoms. The van der Waals surface area contributed by atoms with Gasteiger partial charge >= 0.3 is 0 Å². The minimum atomic E-state index is -0.886. The van der Waals surface area contributed by atoms with E-state index in [0.717, 1.165) is 31.2 Å². The first-order valence-electron chi connectivity index (χ1n) is 11.0. The number of aliphatic hydroxyl groups is 1. The molecule has 2 aromatic carbocycles. The molecule has 3 aliphatic rings. The molecule has 5 atom stereocenters. The molecule has 3 N–H and O–H groups in total. The van der Waals surface area contributed by atoms with Gasteiger partial charge in [-0.2, -0.15) is 0 Å². The van der Waals surface area contributed by atoms with E-state index < -0.39 is 5.60 Å². The molecule has 5 rings (SSSR count). The first kappa shape index (κ1) is 19.5. The Morgan fingerprint density at radius 3 is 2.57 bits per heavy atom. The Morgan fingerprint density at radius 1 is 1.03 bits per heavy atom. The molecule has 30 heavy (non-hydrogen) atoms. The van der Waals surface area contributed by atoms with Gasteiger partial charge < -0.3 is 20.1 Å². The number of fused-ring (bicyclic) bond motifs is 5. The van der Waals surface area contributed by atoms with Gasteiger partial charge in [-0.15, -0.1) is 0 Å². The molecule has 0 saturated heterocycles. The zero-order valence-electron chi connectivity index (χ0n) is 17.6. The van der Waals surface area contributed by atoms with Gasteiger partial charge in [-0.05, 0) is 91.8 Å². The number of aromatic hydroxyl groups is 2. The van der Waals surface area contributed by atoms with Crippen LogP contribution in [0.15, 0.2) is 42.5 Å². The van der Waals surface area contributed by atoms with Gasteiger partial charge in [-0.3, -0.25) is 0 Å². The molecule has 2 saturated carbocycles. The second kappa shape index (κ2) is 6.78. The average molecular weight is 407 g/mol. The van der Waals surface area contributed by atoms with Crippen molar-refractivity contribution in [3.05, 3.63) is 59.2 Å². The average Bonchev–Trinajstić information content (AvgIpc) is 3.01. The number of phenols is 2. The number of allylic oxidation sites excluding steroid dienone is 1. The molecule has 4 nitrogen and oxygen atoms in total. The molecular weight excluding hydrogens is 376 g/mol. The Labute approximate surface area is 177 Å². The normalized spacial score (nSPS) is 34.2. The number of ether oxygens (including phenoxy) is 1. The van der Waals surface area contributed by atoms with Crippen molar-refractivity contribution < 1.29 is 20.1 Å². The summed E-state index contributed by atoms with van der Waals surface area (Å²) in [5.41, 5.74) is 2.36. The molecule has 158 valence electrons. The fourth-order valence-electron chi connectivity index (χ4n) is 6.45. The van der Waals surface area contributed by atoms with E-state index in [1.807, 2.05) is 12.1 Å². The highest BCUT2D eigenvalue weighted by molar-refractivity contribution is 5.66. The lowest BCUT2D eigenvalue weighted by Crippen LogP contribution is -2.53. The summed E-state index contributed by atoms with van der Waals surface area (Å²) in [6.07, 6.45) is 8.05. The summed E-state index contributed by atoms with van der Waals surface area (Å²) in [6.45, 7) is 4.58. The van der Waals surface area contributed by atoms with Crippen LogP contribution in [-0.2, 0) is 0 Å². The topological polar surface area (TPSA) is 69.9 Å². The number of hydrogen-bond acceptors (Lipinski definition) is 4. The van der Waals surface area contributed by atoms with Crippen LogP contribution >= 0.6 is 0 Å². The van der Waals surface area contributed by atoms with E-state index in [9.17, 15) is 15.3 Å². The summed E-state index contributed by atoms with van der Waals surface area (Å²) < 4.78 is 5.97. The third-order valence-electron chi connectivity index (χ3n) is 8.31. The third kappa shape index (κ3) is 2.77. The van der Waals surface area contributed by atoms with E-state index >= 15 is 0 Å². The standard InChI is InChI=1S/C26H30O4/c1-16-3-10-23(28)24-19(16)8-9-20-21(24)11-13-25(2)22(20)12-14-26(25,29)15-30-18-6-4-17(27)5-7-18/h3-10,20-22,27-29H,11-15H2,1-2H3/t20-,21+,22+,25+,26-/m1/s1.